The van der Waals surface area contributed by atoms with Gasteiger partial charge in [-0.1, -0.05) is 31.4 Å². The summed E-state index contributed by atoms with van der Waals surface area (Å²) >= 11 is 0. The standard InChI is InChI=1S/C13H14O3/c1-10(2)13(14)15-9-11(3)16-12-7-5-4-6-8-12/h4-8H,1,3,9H2,2H3. The minimum atomic E-state index is -0.446. The molecule has 3 nitrogen and oxygen atoms in total. The van der Waals surface area contributed by atoms with E-state index in [9.17, 15) is 4.79 Å². The van der Waals surface area contributed by atoms with Gasteiger partial charge in [0.25, 0.3) is 0 Å². The van der Waals surface area contributed by atoms with Crippen LogP contribution in [0.15, 0.2) is 54.8 Å². The van der Waals surface area contributed by atoms with Crippen LogP contribution in [-0.4, -0.2) is 12.6 Å². The largest absolute Gasteiger partial charge is 0.459 e. The second-order valence-electron chi connectivity index (χ2n) is 3.31. The van der Waals surface area contributed by atoms with Crippen LogP contribution in [0.5, 0.6) is 5.75 Å². The van der Waals surface area contributed by atoms with Gasteiger partial charge in [-0.15, -0.1) is 0 Å². The van der Waals surface area contributed by atoms with Crippen molar-refractivity contribution in [3.63, 3.8) is 0 Å². The van der Waals surface area contributed by atoms with E-state index in [0.717, 1.165) is 0 Å². The summed E-state index contributed by atoms with van der Waals surface area (Å²) in [6.07, 6.45) is 0. The second kappa shape index (κ2) is 5.75. The minimum Gasteiger partial charge on any atom is -0.459 e. The number of ether oxygens (including phenoxy) is 2. The Labute approximate surface area is 95.0 Å². The zero-order valence-corrected chi connectivity index (χ0v) is 9.23. The molecule has 0 heterocycles. The van der Waals surface area contributed by atoms with Crippen molar-refractivity contribution in [2.45, 2.75) is 6.92 Å². The molecule has 0 aliphatic heterocycles. The Hall–Kier alpha value is -2.03. The third-order valence-electron chi connectivity index (χ3n) is 1.72. The molecule has 0 aliphatic carbocycles. The van der Waals surface area contributed by atoms with Crippen LogP contribution in [0, 0.1) is 0 Å². The molecule has 1 aromatic carbocycles. The fourth-order valence-corrected chi connectivity index (χ4v) is 0.954. The van der Waals surface area contributed by atoms with E-state index in [2.05, 4.69) is 13.2 Å². The summed E-state index contributed by atoms with van der Waals surface area (Å²) in [5.41, 5.74) is 0.354. The highest BCUT2D eigenvalue weighted by Gasteiger charge is 2.05. The van der Waals surface area contributed by atoms with Crippen molar-refractivity contribution < 1.29 is 14.3 Å². The molecule has 0 amide bonds. The van der Waals surface area contributed by atoms with Crippen molar-refractivity contribution in [1.82, 2.24) is 0 Å². The number of rotatable bonds is 5. The Balaban J connectivity index is 2.37. The van der Waals surface area contributed by atoms with Gasteiger partial charge in [0.2, 0.25) is 0 Å². The average molecular weight is 218 g/mol. The first-order valence-electron chi connectivity index (χ1n) is 4.83. The van der Waals surface area contributed by atoms with E-state index in [1.54, 1.807) is 19.1 Å². The summed E-state index contributed by atoms with van der Waals surface area (Å²) in [4.78, 5) is 11.1. The third-order valence-corrected chi connectivity index (χ3v) is 1.72. The molecule has 0 aromatic heterocycles. The van der Waals surface area contributed by atoms with Crippen LogP contribution in [-0.2, 0) is 9.53 Å². The molecular formula is C13H14O3. The molecule has 0 aliphatic rings. The lowest BCUT2D eigenvalue weighted by Crippen LogP contribution is -2.10. The van der Waals surface area contributed by atoms with Gasteiger partial charge in [0.05, 0.1) is 0 Å². The summed E-state index contributed by atoms with van der Waals surface area (Å²) in [6, 6.07) is 9.18. The highest BCUT2D eigenvalue weighted by molar-refractivity contribution is 5.86. The molecule has 0 bridgehead atoms. The van der Waals surface area contributed by atoms with E-state index in [1.165, 1.54) is 0 Å². The maximum Gasteiger partial charge on any atom is 0.333 e. The molecule has 0 radical (unpaired) electrons. The van der Waals surface area contributed by atoms with Gasteiger partial charge in [0.15, 0.2) is 0 Å². The van der Waals surface area contributed by atoms with Crippen LogP contribution in [0.25, 0.3) is 0 Å². The van der Waals surface area contributed by atoms with E-state index in [1.807, 2.05) is 18.2 Å². The molecule has 0 N–H and O–H groups in total. The Morgan fingerprint density at radius 1 is 1.25 bits per heavy atom. The van der Waals surface area contributed by atoms with Gasteiger partial charge in [-0.2, -0.15) is 0 Å². The zero-order valence-electron chi connectivity index (χ0n) is 9.23. The molecule has 0 saturated carbocycles. The summed E-state index contributed by atoms with van der Waals surface area (Å²) in [6.45, 7) is 8.74. The molecule has 0 spiro atoms. The summed E-state index contributed by atoms with van der Waals surface area (Å²) in [5.74, 6) is 0.595. The second-order valence-corrected chi connectivity index (χ2v) is 3.31. The van der Waals surface area contributed by atoms with Crippen LogP contribution < -0.4 is 4.74 Å². The number of para-hydroxylation sites is 1. The molecule has 0 atom stereocenters. The minimum absolute atomic E-state index is 0.0284. The predicted molar refractivity (Wildman–Crippen MR) is 62.0 cm³/mol. The van der Waals surface area contributed by atoms with Crippen LogP contribution in [0.3, 0.4) is 0 Å². The van der Waals surface area contributed by atoms with Gasteiger partial charge in [0, 0.05) is 5.57 Å². The van der Waals surface area contributed by atoms with E-state index < -0.39 is 5.97 Å². The average Bonchev–Trinajstić information content (AvgIpc) is 2.27. The summed E-state index contributed by atoms with van der Waals surface area (Å²) < 4.78 is 10.2. The molecule has 16 heavy (non-hydrogen) atoms. The van der Waals surface area contributed by atoms with E-state index in [4.69, 9.17) is 9.47 Å². The summed E-state index contributed by atoms with van der Waals surface area (Å²) in [5, 5.41) is 0. The normalized spacial score (nSPS) is 9.31. The van der Waals surface area contributed by atoms with Gasteiger partial charge in [-0.25, -0.2) is 4.79 Å². The first-order valence-corrected chi connectivity index (χ1v) is 4.83. The lowest BCUT2D eigenvalue weighted by molar-refractivity contribution is -0.138. The van der Waals surface area contributed by atoms with Crippen molar-refractivity contribution in [3.8, 4) is 5.75 Å². The van der Waals surface area contributed by atoms with Crippen molar-refractivity contribution in [2.24, 2.45) is 0 Å². The number of esters is 1. The fourth-order valence-electron chi connectivity index (χ4n) is 0.954. The highest BCUT2D eigenvalue weighted by Crippen LogP contribution is 2.12. The molecule has 1 aromatic rings. The number of hydrogen-bond donors (Lipinski definition) is 0. The number of carbonyl (C=O) groups excluding carboxylic acids is 1. The quantitative estimate of drug-likeness (QED) is 0.433. The van der Waals surface area contributed by atoms with E-state index >= 15 is 0 Å². The number of hydrogen-bond acceptors (Lipinski definition) is 3. The van der Waals surface area contributed by atoms with Gasteiger partial charge >= 0.3 is 5.97 Å². The van der Waals surface area contributed by atoms with Crippen LogP contribution >= 0.6 is 0 Å². The monoisotopic (exact) mass is 218 g/mol. The maximum atomic E-state index is 11.1. The van der Waals surface area contributed by atoms with E-state index in [-0.39, 0.29) is 6.61 Å². The molecule has 84 valence electrons. The Morgan fingerprint density at radius 2 is 1.88 bits per heavy atom. The smallest absolute Gasteiger partial charge is 0.333 e. The maximum absolute atomic E-state index is 11.1. The Kier molecular flexibility index (Phi) is 4.33. The van der Waals surface area contributed by atoms with Gasteiger partial charge in [-0.05, 0) is 19.1 Å². The number of carbonyl (C=O) groups is 1. The van der Waals surface area contributed by atoms with Crippen LogP contribution in [0.4, 0.5) is 0 Å². The molecule has 0 saturated heterocycles. The first kappa shape index (κ1) is 12.0. The lowest BCUT2D eigenvalue weighted by atomic mass is 10.3. The number of benzene rings is 1. The third kappa shape index (κ3) is 4.00. The van der Waals surface area contributed by atoms with Crippen molar-refractivity contribution in [1.29, 1.82) is 0 Å². The molecule has 3 heteroatoms. The first-order chi connectivity index (χ1) is 7.59. The molecular weight excluding hydrogens is 204 g/mol. The Bertz CT molecular complexity index is 393. The Morgan fingerprint density at radius 3 is 2.44 bits per heavy atom. The van der Waals surface area contributed by atoms with Gasteiger partial charge in [-0.3, -0.25) is 0 Å². The van der Waals surface area contributed by atoms with Crippen molar-refractivity contribution >= 4 is 5.97 Å². The molecule has 0 unspecified atom stereocenters. The van der Waals surface area contributed by atoms with Crippen molar-refractivity contribution in [2.75, 3.05) is 6.61 Å². The fraction of sp³-hybridized carbons (Fsp3) is 0.154. The predicted octanol–water partition coefficient (Wildman–Crippen LogP) is 2.70. The van der Waals surface area contributed by atoms with Crippen LogP contribution in [0.2, 0.25) is 0 Å². The van der Waals surface area contributed by atoms with Gasteiger partial charge in [0.1, 0.15) is 18.1 Å². The SMILES string of the molecule is C=C(COC(=O)C(=C)C)Oc1ccccc1. The molecule has 1 rings (SSSR count). The highest BCUT2D eigenvalue weighted by atomic mass is 16.6. The van der Waals surface area contributed by atoms with Crippen molar-refractivity contribution in [3.05, 3.63) is 54.8 Å². The molecule has 0 fully saturated rings. The zero-order chi connectivity index (χ0) is 12.0. The van der Waals surface area contributed by atoms with E-state index in [0.29, 0.717) is 17.1 Å². The summed E-state index contributed by atoms with van der Waals surface area (Å²) in [7, 11) is 0. The topological polar surface area (TPSA) is 35.5 Å². The van der Waals surface area contributed by atoms with Gasteiger partial charge < -0.3 is 9.47 Å². The van der Waals surface area contributed by atoms with Crippen LogP contribution in [0.1, 0.15) is 6.92 Å². The lowest BCUT2D eigenvalue weighted by Gasteiger charge is -2.09.